The highest BCUT2D eigenvalue weighted by Gasteiger charge is 2.52. The highest BCUT2D eigenvalue weighted by atomic mass is 15.1. The zero-order valence-electron chi connectivity index (χ0n) is 31.0. The minimum atomic E-state index is -0.414. The third-order valence-corrected chi connectivity index (χ3v) is 12.2. The Balaban J connectivity index is 1.25. The molecule has 0 fully saturated rings. The summed E-state index contributed by atoms with van der Waals surface area (Å²) in [6.07, 6.45) is 8.16. The summed E-state index contributed by atoms with van der Waals surface area (Å²) in [6, 6.07) is 59.2. The summed E-state index contributed by atoms with van der Waals surface area (Å²) in [5.74, 6) is 0. The van der Waals surface area contributed by atoms with Crippen molar-refractivity contribution in [2.75, 3.05) is 4.90 Å². The molecule has 3 aliphatic rings. The molecular weight excluding hydrogens is 651 g/mol. The van der Waals surface area contributed by atoms with Gasteiger partial charge in [-0.3, -0.25) is 0 Å². The molecular formula is C53H41N. The topological polar surface area (TPSA) is 3.24 Å². The van der Waals surface area contributed by atoms with Crippen LogP contribution in [-0.2, 0) is 10.8 Å². The van der Waals surface area contributed by atoms with Crippen molar-refractivity contribution in [3.8, 4) is 33.4 Å². The fourth-order valence-corrected chi connectivity index (χ4v) is 9.93. The van der Waals surface area contributed by atoms with Crippen molar-refractivity contribution in [2.45, 2.75) is 31.6 Å². The molecule has 1 heteroatoms. The Kier molecular flexibility index (Phi) is 7.19. The molecule has 0 N–H and O–H groups in total. The molecule has 3 aliphatic carbocycles. The van der Waals surface area contributed by atoms with E-state index in [0.717, 1.165) is 22.5 Å². The molecule has 0 amide bonds. The summed E-state index contributed by atoms with van der Waals surface area (Å²) in [4.78, 5) is 2.50. The molecule has 0 atom stereocenters. The molecule has 7 aromatic rings. The number of anilines is 3. The average Bonchev–Trinajstić information content (AvgIpc) is 3.77. The van der Waals surface area contributed by atoms with Crippen molar-refractivity contribution in [3.05, 3.63) is 228 Å². The molecule has 1 spiro atoms. The SMILES string of the molecule is C=C/C=C(\C=C/C)c1ccc(N(c2ccc3c(c2)C(C)(C)c2ccccc2-3)c2cccc3c2-c2ccccc2C32c3ccccc3-c3ccccc32)cc1. The van der Waals surface area contributed by atoms with E-state index in [9.17, 15) is 0 Å². The number of benzene rings is 7. The summed E-state index contributed by atoms with van der Waals surface area (Å²) < 4.78 is 0. The molecule has 10 rings (SSSR count). The Morgan fingerprint density at radius 2 is 1.04 bits per heavy atom. The standard InChI is InChI=1S/C53H41N/c1-5-16-35(17-6-2)36-28-30-37(31-29-36)54(38-32-33-42-39-18-7-11-22-44(39)52(3,4)49(42)34-38)50-27-15-26-48-51(50)43-21-10-14-25-47(43)53(48)45-23-12-8-19-40(45)41-20-9-13-24-46(41)53/h5-34H,1H2,2-4H3/b17-6-,35-16+. The first-order chi connectivity index (χ1) is 26.5. The quantitative estimate of drug-likeness (QED) is 0.157. The lowest BCUT2D eigenvalue weighted by Gasteiger charge is -2.32. The first kappa shape index (κ1) is 32.2. The predicted octanol–water partition coefficient (Wildman–Crippen LogP) is 14.0. The maximum absolute atomic E-state index is 3.98. The number of fused-ring (bicyclic) bond motifs is 13. The molecule has 7 aromatic carbocycles. The van der Waals surface area contributed by atoms with Crippen LogP contribution in [0.25, 0.3) is 39.0 Å². The zero-order valence-corrected chi connectivity index (χ0v) is 31.0. The highest BCUT2D eigenvalue weighted by molar-refractivity contribution is 6.01. The average molecular weight is 692 g/mol. The first-order valence-corrected chi connectivity index (χ1v) is 19.0. The lowest BCUT2D eigenvalue weighted by atomic mass is 9.70. The Morgan fingerprint density at radius 3 is 1.67 bits per heavy atom. The van der Waals surface area contributed by atoms with Crippen LogP contribution in [0.4, 0.5) is 17.1 Å². The number of rotatable bonds is 6. The van der Waals surface area contributed by atoms with Gasteiger partial charge in [0.15, 0.2) is 0 Å². The third-order valence-electron chi connectivity index (χ3n) is 12.2. The molecule has 0 heterocycles. The first-order valence-electron chi connectivity index (χ1n) is 19.0. The van der Waals surface area contributed by atoms with E-state index in [1.165, 1.54) is 72.4 Å². The van der Waals surface area contributed by atoms with Gasteiger partial charge in [0.05, 0.1) is 11.1 Å². The molecule has 54 heavy (non-hydrogen) atoms. The van der Waals surface area contributed by atoms with E-state index in [1.807, 2.05) is 6.08 Å². The second-order valence-corrected chi connectivity index (χ2v) is 15.2. The molecule has 0 radical (unpaired) electrons. The maximum atomic E-state index is 3.98. The fourth-order valence-electron chi connectivity index (χ4n) is 9.93. The van der Waals surface area contributed by atoms with Crippen molar-refractivity contribution in [3.63, 3.8) is 0 Å². The van der Waals surface area contributed by atoms with Gasteiger partial charge in [-0.05, 0) is 110 Å². The van der Waals surface area contributed by atoms with Crippen molar-refractivity contribution in [1.82, 2.24) is 0 Å². The van der Waals surface area contributed by atoms with Gasteiger partial charge in [-0.1, -0.05) is 172 Å². The van der Waals surface area contributed by atoms with E-state index >= 15 is 0 Å². The van der Waals surface area contributed by atoms with Gasteiger partial charge in [0.25, 0.3) is 0 Å². The van der Waals surface area contributed by atoms with Gasteiger partial charge >= 0.3 is 0 Å². The molecule has 0 bridgehead atoms. The summed E-state index contributed by atoms with van der Waals surface area (Å²) in [7, 11) is 0. The Bertz CT molecular complexity index is 2670. The Morgan fingerprint density at radius 1 is 0.519 bits per heavy atom. The lowest BCUT2D eigenvalue weighted by molar-refractivity contribution is 0.660. The molecule has 1 nitrogen and oxygen atoms in total. The molecule has 0 saturated heterocycles. The molecule has 0 aromatic heterocycles. The molecule has 0 unspecified atom stereocenters. The monoisotopic (exact) mass is 691 g/mol. The smallest absolute Gasteiger partial charge is 0.0726 e. The van der Waals surface area contributed by atoms with Crippen LogP contribution in [0.2, 0.25) is 0 Å². The van der Waals surface area contributed by atoms with Crippen molar-refractivity contribution < 1.29 is 0 Å². The second kappa shape index (κ2) is 12.0. The van der Waals surface area contributed by atoms with Gasteiger partial charge in [0.1, 0.15) is 0 Å². The number of allylic oxidation sites excluding steroid dienone is 5. The van der Waals surface area contributed by atoms with Crippen LogP contribution in [0, 0.1) is 0 Å². The van der Waals surface area contributed by atoms with Crippen LogP contribution in [0.3, 0.4) is 0 Å². The maximum Gasteiger partial charge on any atom is 0.0726 e. The second-order valence-electron chi connectivity index (χ2n) is 15.2. The zero-order chi connectivity index (χ0) is 36.6. The molecule has 258 valence electrons. The van der Waals surface area contributed by atoms with Crippen LogP contribution in [-0.4, -0.2) is 0 Å². The van der Waals surface area contributed by atoms with Gasteiger partial charge in [-0.15, -0.1) is 0 Å². The molecule has 0 aliphatic heterocycles. The van der Waals surface area contributed by atoms with E-state index in [1.54, 1.807) is 0 Å². The van der Waals surface area contributed by atoms with Gasteiger partial charge in [0, 0.05) is 22.4 Å². The highest BCUT2D eigenvalue weighted by Crippen LogP contribution is 2.64. The Hall–Kier alpha value is -6.44. The van der Waals surface area contributed by atoms with Crippen molar-refractivity contribution >= 4 is 22.6 Å². The number of nitrogens with zero attached hydrogens (tertiary/aromatic N) is 1. The minimum absolute atomic E-state index is 0.124. The van der Waals surface area contributed by atoms with E-state index in [4.69, 9.17) is 0 Å². The van der Waals surface area contributed by atoms with Crippen LogP contribution >= 0.6 is 0 Å². The lowest BCUT2D eigenvalue weighted by Crippen LogP contribution is -2.26. The molecule has 0 saturated carbocycles. The minimum Gasteiger partial charge on any atom is -0.310 e. The van der Waals surface area contributed by atoms with E-state index in [-0.39, 0.29) is 5.41 Å². The fraction of sp³-hybridized carbons (Fsp3) is 0.0943. The van der Waals surface area contributed by atoms with Crippen LogP contribution in [0.5, 0.6) is 0 Å². The van der Waals surface area contributed by atoms with E-state index in [0.29, 0.717) is 0 Å². The number of hydrogen-bond acceptors (Lipinski definition) is 1. The van der Waals surface area contributed by atoms with Crippen molar-refractivity contribution in [2.24, 2.45) is 0 Å². The van der Waals surface area contributed by atoms with Crippen LogP contribution in [0.1, 0.15) is 59.7 Å². The van der Waals surface area contributed by atoms with Gasteiger partial charge in [-0.25, -0.2) is 0 Å². The van der Waals surface area contributed by atoms with Gasteiger partial charge in [0.2, 0.25) is 0 Å². The van der Waals surface area contributed by atoms with Gasteiger partial charge in [-0.2, -0.15) is 0 Å². The van der Waals surface area contributed by atoms with Crippen LogP contribution in [0.15, 0.2) is 189 Å². The van der Waals surface area contributed by atoms with E-state index < -0.39 is 5.41 Å². The van der Waals surface area contributed by atoms with E-state index in [2.05, 4.69) is 208 Å². The summed E-state index contributed by atoms with van der Waals surface area (Å²) >= 11 is 0. The largest absolute Gasteiger partial charge is 0.310 e. The normalized spacial score (nSPS) is 15.0. The predicted molar refractivity (Wildman–Crippen MR) is 228 cm³/mol. The Labute approximate surface area is 318 Å². The van der Waals surface area contributed by atoms with Crippen LogP contribution < -0.4 is 4.90 Å². The number of hydrogen-bond donors (Lipinski definition) is 0. The summed E-state index contributed by atoms with van der Waals surface area (Å²) in [6.45, 7) is 10.8. The van der Waals surface area contributed by atoms with Gasteiger partial charge < -0.3 is 4.90 Å². The van der Waals surface area contributed by atoms with Crippen molar-refractivity contribution in [1.29, 1.82) is 0 Å². The summed E-state index contributed by atoms with van der Waals surface area (Å²) in [5.41, 5.74) is 21.2. The summed E-state index contributed by atoms with van der Waals surface area (Å²) in [5, 5.41) is 0. The third kappa shape index (κ3) is 4.33.